The molecule has 1 unspecified atom stereocenters. The van der Waals surface area contributed by atoms with E-state index in [0.29, 0.717) is 6.54 Å². The van der Waals surface area contributed by atoms with Gasteiger partial charge in [-0.05, 0) is 54.0 Å². The Hall–Kier alpha value is -2.62. The Balaban J connectivity index is 0.000000427. The summed E-state index contributed by atoms with van der Waals surface area (Å²) in [5, 5.41) is 26.2. The van der Waals surface area contributed by atoms with Crippen LogP contribution in [0.1, 0.15) is 36.0 Å². The molecule has 0 bridgehead atoms. The predicted molar refractivity (Wildman–Crippen MR) is 124 cm³/mol. The van der Waals surface area contributed by atoms with Gasteiger partial charge in [-0.3, -0.25) is 4.79 Å². The molecule has 1 saturated heterocycles. The Morgan fingerprint density at radius 3 is 2.53 bits per heavy atom. The zero-order valence-electron chi connectivity index (χ0n) is 17.4. The van der Waals surface area contributed by atoms with Gasteiger partial charge in [-0.2, -0.15) is 0 Å². The quantitative estimate of drug-likeness (QED) is 0.566. The average Bonchev–Trinajstić information content (AvgIpc) is 3.19. The van der Waals surface area contributed by atoms with Gasteiger partial charge in [0.1, 0.15) is 0 Å². The van der Waals surface area contributed by atoms with Gasteiger partial charge in [0.25, 0.3) is 0 Å². The van der Waals surface area contributed by atoms with Crippen molar-refractivity contribution in [1.82, 2.24) is 4.90 Å². The molecule has 4 rings (SSSR count). The Labute approximate surface area is 194 Å². The number of carboxylic acids is 3. The third kappa shape index (κ3) is 6.21. The van der Waals surface area contributed by atoms with Crippen molar-refractivity contribution in [3.63, 3.8) is 0 Å². The zero-order chi connectivity index (χ0) is 23.1. The van der Waals surface area contributed by atoms with Gasteiger partial charge in [0.2, 0.25) is 0 Å². The number of hydrogen-bond donors (Lipinski definition) is 3. The molecular weight excluding hydrogens is 450 g/mol. The number of nitrogens with zero attached hydrogens (tertiary/aromatic N) is 1. The van der Waals surface area contributed by atoms with E-state index in [1.54, 1.807) is 0 Å². The van der Waals surface area contributed by atoms with E-state index in [1.807, 2.05) is 23.1 Å². The summed E-state index contributed by atoms with van der Waals surface area (Å²) in [4.78, 5) is 31.8. The second kappa shape index (κ2) is 11.3. The molecule has 2 aliphatic rings. The van der Waals surface area contributed by atoms with Gasteiger partial charge in [0.05, 0.1) is 10.1 Å². The van der Waals surface area contributed by atoms with Crippen LogP contribution in [0.4, 0.5) is 0 Å². The lowest BCUT2D eigenvalue weighted by molar-refractivity contribution is -0.159. The SMILES string of the molecule is O=C(O)C(=O)O.O=C(O)C1CCCN(CC/C=C2\c3ccccc3CSc3sccc32)C1. The van der Waals surface area contributed by atoms with E-state index >= 15 is 0 Å². The highest BCUT2D eigenvalue weighted by molar-refractivity contribution is 8.00. The van der Waals surface area contributed by atoms with E-state index in [2.05, 4.69) is 46.7 Å². The van der Waals surface area contributed by atoms with E-state index < -0.39 is 17.9 Å². The number of thiophene rings is 1. The normalized spacial score (nSPS) is 19.1. The number of benzene rings is 1. The molecule has 32 heavy (non-hydrogen) atoms. The fourth-order valence-electron chi connectivity index (χ4n) is 3.88. The summed E-state index contributed by atoms with van der Waals surface area (Å²) in [7, 11) is 0. The molecule has 3 N–H and O–H groups in total. The average molecular weight is 476 g/mol. The summed E-state index contributed by atoms with van der Waals surface area (Å²) in [5.41, 5.74) is 5.44. The molecule has 0 amide bonds. The lowest BCUT2D eigenvalue weighted by atomic mass is 9.95. The van der Waals surface area contributed by atoms with Crippen molar-refractivity contribution in [3.05, 3.63) is 58.5 Å². The summed E-state index contributed by atoms with van der Waals surface area (Å²) in [6, 6.07) is 10.9. The summed E-state index contributed by atoms with van der Waals surface area (Å²) < 4.78 is 1.40. The van der Waals surface area contributed by atoms with Gasteiger partial charge in [-0.1, -0.05) is 30.3 Å². The Morgan fingerprint density at radius 2 is 1.81 bits per heavy atom. The van der Waals surface area contributed by atoms with Crippen LogP contribution in [-0.2, 0) is 20.1 Å². The number of carbonyl (C=O) groups is 3. The Kier molecular flexibility index (Phi) is 8.49. The number of likely N-dealkylation sites (tertiary alicyclic amines) is 1. The van der Waals surface area contributed by atoms with Gasteiger partial charge in [0.15, 0.2) is 0 Å². The summed E-state index contributed by atoms with van der Waals surface area (Å²) in [6.45, 7) is 2.64. The molecule has 3 heterocycles. The minimum absolute atomic E-state index is 0.199. The summed E-state index contributed by atoms with van der Waals surface area (Å²) in [5.74, 6) is -3.47. The minimum Gasteiger partial charge on any atom is -0.481 e. The van der Waals surface area contributed by atoms with Crippen LogP contribution < -0.4 is 0 Å². The Morgan fingerprint density at radius 1 is 1.06 bits per heavy atom. The number of carboxylic acid groups (broad SMARTS) is 3. The first-order chi connectivity index (χ1) is 15.4. The van der Waals surface area contributed by atoms with E-state index in [9.17, 15) is 9.90 Å². The summed E-state index contributed by atoms with van der Waals surface area (Å²) >= 11 is 3.75. The van der Waals surface area contributed by atoms with Crippen LogP contribution in [0.25, 0.3) is 5.57 Å². The molecule has 1 aromatic heterocycles. The van der Waals surface area contributed by atoms with E-state index in [0.717, 1.165) is 38.1 Å². The standard InChI is InChI=1S/C21H23NO2S2.C2H2O4/c23-20(24)15-6-3-10-22(13-15)11-4-8-18-17-7-2-1-5-16(17)14-26-21-19(18)9-12-25-21;3-1(4)2(5)6/h1-2,5,7-9,12,15H,3-4,6,10-11,13-14H2,(H,23,24);(H,3,4)(H,5,6)/b18-8+;. The first-order valence-corrected chi connectivity index (χ1v) is 12.1. The molecule has 7 nitrogen and oxygen atoms in total. The predicted octanol–water partition coefficient (Wildman–Crippen LogP) is 4.13. The summed E-state index contributed by atoms with van der Waals surface area (Å²) in [6.07, 6.45) is 5.12. The number of piperidine rings is 1. The molecular formula is C23H25NO6S2. The smallest absolute Gasteiger partial charge is 0.414 e. The molecule has 2 aliphatic heterocycles. The molecule has 170 valence electrons. The minimum atomic E-state index is -1.82. The van der Waals surface area contributed by atoms with Crippen LogP contribution in [0.3, 0.4) is 0 Å². The third-order valence-corrected chi connectivity index (χ3v) is 7.70. The van der Waals surface area contributed by atoms with E-state index in [-0.39, 0.29) is 5.92 Å². The lowest BCUT2D eigenvalue weighted by Gasteiger charge is -2.30. The lowest BCUT2D eigenvalue weighted by Crippen LogP contribution is -2.39. The van der Waals surface area contributed by atoms with Crippen molar-refractivity contribution in [2.24, 2.45) is 5.92 Å². The number of fused-ring (bicyclic) bond motifs is 2. The molecule has 0 aliphatic carbocycles. The van der Waals surface area contributed by atoms with Crippen molar-refractivity contribution in [2.45, 2.75) is 29.2 Å². The molecule has 0 radical (unpaired) electrons. The van der Waals surface area contributed by atoms with Crippen molar-refractivity contribution >= 4 is 46.6 Å². The number of thioether (sulfide) groups is 1. The van der Waals surface area contributed by atoms with Crippen LogP contribution in [0, 0.1) is 5.92 Å². The molecule has 0 spiro atoms. The first-order valence-electron chi connectivity index (χ1n) is 10.3. The van der Waals surface area contributed by atoms with Crippen molar-refractivity contribution in [1.29, 1.82) is 0 Å². The van der Waals surface area contributed by atoms with Crippen molar-refractivity contribution in [3.8, 4) is 0 Å². The maximum absolute atomic E-state index is 11.3. The fourth-order valence-corrected chi connectivity index (χ4v) is 6.00. The van der Waals surface area contributed by atoms with Gasteiger partial charge >= 0.3 is 17.9 Å². The van der Waals surface area contributed by atoms with E-state index in [1.165, 1.54) is 26.5 Å². The maximum Gasteiger partial charge on any atom is 0.414 e. The van der Waals surface area contributed by atoms with Gasteiger partial charge in [0, 0.05) is 24.4 Å². The number of rotatable bonds is 4. The van der Waals surface area contributed by atoms with Crippen LogP contribution in [0.15, 0.2) is 46.0 Å². The fraction of sp³-hybridized carbons (Fsp3) is 0.348. The van der Waals surface area contributed by atoms with Gasteiger partial charge in [-0.15, -0.1) is 23.1 Å². The molecule has 0 saturated carbocycles. The zero-order valence-corrected chi connectivity index (χ0v) is 19.0. The molecule has 1 aromatic carbocycles. The van der Waals surface area contributed by atoms with Crippen LogP contribution in [0.5, 0.6) is 0 Å². The molecule has 2 aromatic rings. The highest BCUT2D eigenvalue weighted by atomic mass is 32.2. The molecule has 1 atom stereocenters. The van der Waals surface area contributed by atoms with Crippen molar-refractivity contribution < 1.29 is 29.7 Å². The van der Waals surface area contributed by atoms with Crippen LogP contribution in [0.2, 0.25) is 0 Å². The molecule has 1 fully saturated rings. The number of aliphatic carboxylic acids is 3. The molecule has 9 heteroatoms. The second-order valence-electron chi connectivity index (χ2n) is 7.56. The van der Waals surface area contributed by atoms with Gasteiger partial charge < -0.3 is 20.2 Å². The second-order valence-corrected chi connectivity index (χ2v) is 9.72. The largest absolute Gasteiger partial charge is 0.481 e. The van der Waals surface area contributed by atoms with Crippen LogP contribution in [-0.4, -0.2) is 57.8 Å². The van der Waals surface area contributed by atoms with Crippen LogP contribution >= 0.6 is 23.1 Å². The third-order valence-electron chi connectivity index (χ3n) is 5.42. The van der Waals surface area contributed by atoms with Gasteiger partial charge in [-0.25, -0.2) is 9.59 Å². The van der Waals surface area contributed by atoms with Crippen molar-refractivity contribution in [2.75, 3.05) is 19.6 Å². The van der Waals surface area contributed by atoms with E-state index in [4.69, 9.17) is 19.8 Å². The topological polar surface area (TPSA) is 115 Å². The Bertz CT molecular complexity index is 1000. The highest BCUT2D eigenvalue weighted by Gasteiger charge is 2.25. The maximum atomic E-state index is 11.3. The highest BCUT2D eigenvalue weighted by Crippen LogP contribution is 2.43. The monoisotopic (exact) mass is 475 g/mol. The number of hydrogen-bond acceptors (Lipinski definition) is 6. The first kappa shape index (κ1) is 24.0.